The number of rotatable bonds is 7. The summed E-state index contributed by atoms with van der Waals surface area (Å²) in [6.45, 7) is 15.9. The summed E-state index contributed by atoms with van der Waals surface area (Å²) in [5, 5.41) is 6.94. The lowest BCUT2D eigenvalue weighted by molar-refractivity contribution is 0.0279. The Hall–Kier alpha value is -2.51. The van der Waals surface area contributed by atoms with Gasteiger partial charge < -0.3 is 25.2 Å². The fraction of sp³-hybridized carbons (Fsp3) is 0.708. The standard InChI is InChI=1S/C24H42N6O2/c1-8-25-22(27-16-19(3)17-29(7)23(31)32-24(4,5)6)28-20-11-13-30(14-12-20)21-10-9-18(2)15-26-21/h9-10,15,19-20H,8,11-14,16-17H2,1-7H3,(H2,25,27,28). The van der Waals surface area contributed by atoms with Crippen LogP contribution in [0.25, 0.3) is 0 Å². The molecule has 32 heavy (non-hydrogen) atoms. The number of anilines is 1. The van der Waals surface area contributed by atoms with E-state index in [-0.39, 0.29) is 12.0 Å². The molecule has 1 aromatic rings. The van der Waals surface area contributed by atoms with Crippen LogP contribution in [0.15, 0.2) is 23.3 Å². The number of pyridine rings is 1. The van der Waals surface area contributed by atoms with Crippen LogP contribution >= 0.6 is 0 Å². The van der Waals surface area contributed by atoms with E-state index in [1.807, 2.05) is 27.0 Å². The first-order valence-electron chi connectivity index (χ1n) is 11.7. The number of aromatic nitrogens is 1. The van der Waals surface area contributed by atoms with E-state index >= 15 is 0 Å². The number of ether oxygens (including phenoxy) is 1. The summed E-state index contributed by atoms with van der Waals surface area (Å²) in [5.74, 6) is 2.11. The van der Waals surface area contributed by atoms with Crippen molar-refractivity contribution in [1.82, 2.24) is 20.5 Å². The van der Waals surface area contributed by atoms with Crippen LogP contribution in [0.3, 0.4) is 0 Å². The van der Waals surface area contributed by atoms with Gasteiger partial charge in [-0.2, -0.15) is 0 Å². The highest BCUT2D eigenvalue weighted by Crippen LogP contribution is 2.18. The molecule has 1 aliphatic rings. The molecule has 1 saturated heterocycles. The normalized spacial score (nSPS) is 16.5. The molecule has 1 aromatic heterocycles. The van der Waals surface area contributed by atoms with Gasteiger partial charge in [0.1, 0.15) is 11.4 Å². The van der Waals surface area contributed by atoms with Gasteiger partial charge >= 0.3 is 6.09 Å². The SMILES string of the molecule is CCNC(=NCC(C)CN(C)C(=O)OC(C)(C)C)NC1CCN(c2ccc(C)cn2)CC1. The summed E-state index contributed by atoms with van der Waals surface area (Å²) in [6, 6.07) is 4.60. The number of nitrogens with zero attached hydrogens (tertiary/aromatic N) is 4. The first-order chi connectivity index (χ1) is 15.1. The van der Waals surface area contributed by atoms with Gasteiger partial charge in [0.05, 0.1) is 0 Å². The minimum atomic E-state index is -0.486. The molecular weight excluding hydrogens is 404 g/mol. The number of guanidine groups is 1. The van der Waals surface area contributed by atoms with Gasteiger partial charge in [-0.25, -0.2) is 9.78 Å². The van der Waals surface area contributed by atoms with Gasteiger partial charge in [0, 0.05) is 52.0 Å². The van der Waals surface area contributed by atoms with Crippen molar-refractivity contribution in [3.05, 3.63) is 23.9 Å². The van der Waals surface area contributed by atoms with E-state index in [1.54, 1.807) is 11.9 Å². The van der Waals surface area contributed by atoms with Crippen molar-refractivity contribution in [2.45, 2.75) is 66.0 Å². The van der Waals surface area contributed by atoms with Crippen molar-refractivity contribution in [3.63, 3.8) is 0 Å². The van der Waals surface area contributed by atoms with Gasteiger partial charge in [-0.15, -0.1) is 0 Å². The summed E-state index contributed by atoms with van der Waals surface area (Å²) in [5.41, 5.74) is 0.697. The molecule has 0 spiro atoms. The smallest absolute Gasteiger partial charge is 0.410 e. The van der Waals surface area contributed by atoms with Gasteiger partial charge in [-0.3, -0.25) is 4.99 Å². The first kappa shape index (κ1) is 25.7. The van der Waals surface area contributed by atoms with Crippen LogP contribution in [0.2, 0.25) is 0 Å². The summed E-state index contributed by atoms with van der Waals surface area (Å²) in [7, 11) is 1.77. The molecule has 2 rings (SSSR count). The fourth-order valence-electron chi connectivity index (χ4n) is 3.60. The average Bonchev–Trinajstić information content (AvgIpc) is 2.72. The maximum absolute atomic E-state index is 12.2. The molecule has 0 radical (unpaired) electrons. The lowest BCUT2D eigenvalue weighted by Gasteiger charge is -2.34. The largest absolute Gasteiger partial charge is 0.444 e. The molecular formula is C24H42N6O2. The van der Waals surface area contributed by atoms with Crippen molar-refractivity contribution >= 4 is 17.9 Å². The number of aliphatic imine (C=N–C) groups is 1. The molecule has 180 valence electrons. The van der Waals surface area contributed by atoms with Crippen LogP contribution < -0.4 is 15.5 Å². The Labute approximate surface area is 193 Å². The van der Waals surface area contributed by atoms with Gasteiger partial charge in [0.2, 0.25) is 0 Å². The summed E-state index contributed by atoms with van der Waals surface area (Å²) in [4.78, 5) is 25.5. The molecule has 0 aromatic carbocycles. The second kappa shape index (κ2) is 11.9. The van der Waals surface area contributed by atoms with E-state index < -0.39 is 5.60 Å². The lowest BCUT2D eigenvalue weighted by Crippen LogP contribution is -2.49. The van der Waals surface area contributed by atoms with Crippen molar-refractivity contribution < 1.29 is 9.53 Å². The van der Waals surface area contributed by atoms with Gasteiger partial charge in [-0.1, -0.05) is 13.0 Å². The maximum Gasteiger partial charge on any atom is 0.410 e. The van der Waals surface area contributed by atoms with Crippen molar-refractivity contribution in [3.8, 4) is 0 Å². The summed E-state index contributed by atoms with van der Waals surface area (Å²) in [6.07, 6.45) is 3.71. The molecule has 0 bridgehead atoms. The molecule has 8 nitrogen and oxygen atoms in total. The number of carbonyl (C=O) groups excluding carboxylic acids is 1. The second-order valence-electron chi connectivity index (χ2n) is 9.79. The Balaban J connectivity index is 1.82. The first-order valence-corrected chi connectivity index (χ1v) is 11.7. The molecule has 2 heterocycles. The molecule has 1 aliphatic heterocycles. The van der Waals surface area contributed by atoms with Gasteiger partial charge in [0.15, 0.2) is 5.96 Å². The van der Waals surface area contributed by atoms with Crippen LogP contribution in [0.4, 0.5) is 10.6 Å². The monoisotopic (exact) mass is 446 g/mol. The molecule has 0 aliphatic carbocycles. The number of hydrogen-bond donors (Lipinski definition) is 2. The zero-order valence-corrected chi connectivity index (χ0v) is 20.9. The van der Waals surface area contributed by atoms with Crippen molar-refractivity contribution in [2.75, 3.05) is 44.7 Å². The van der Waals surface area contributed by atoms with E-state index in [1.165, 1.54) is 5.56 Å². The quantitative estimate of drug-likeness (QED) is 0.493. The summed E-state index contributed by atoms with van der Waals surface area (Å²) < 4.78 is 5.43. The topological polar surface area (TPSA) is 82.1 Å². The minimum absolute atomic E-state index is 0.220. The Kier molecular flexibility index (Phi) is 9.60. The van der Waals surface area contributed by atoms with Crippen LogP contribution in [-0.2, 0) is 4.74 Å². The highest BCUT2D eigenvalue weighted by Gasteiger charge is 2.22. The minimum Gasteiger partial charge on any atom is -0.444 e. The number of amides is 1. The highest BCUT2D eigenvalue weighted by atomic mass is 16.6. The fourth-order valence-corrected chi connectivity index (χ4v) is 3.60. The lowest BCUT2D eigenvalue weighted by atomic mass is 10.1. The number of aryl methyl sites for hydroxylation is 1. The number of carbonyl (C=O) groups is 1. The Morgan fingerprint density at radius 1 is 1.34 bits per heavy atom. The summed E-state index contributed by atoms with van der Waals surface area (Å²) >= 11 is 0. The molecule has 2 N–H and O–H groups in total. The van der Waals surface area contributed by atoms with E-state index in [9.17, 15) is 4.79 Å². The van der Waals surface area contributed by atoms with Crippen LogP contribution in [0.5, 0.6) is 0 Å². The molecule has 8 heteroatoms. The zero-order valence-electron chi connectivity index (χ0n) is 20.9. The number of hydrogen-bond acceptors (Lipinski definition) is 5. The van der Waals surface area contributed by atoms with Crippen molar-refractivity contribution in [2.24, 2.45) is 10.9 Å². The number of nitrogens with one attached hydrogen (secondary N) is 2. The predicted octanol–water partition coefficient (Wildman–Crippen LogP) is 3.42. The third kappa shape index (κ3) is 8.93. The Morgan fingerprint density at radius 3 is 2.59 bits per heavy atom. The van der Waals surface area contributed by atoms with Crippen LogP contribution in [0.1, 0.15) is 53.0 Å². The number of piperidine rings is 1. The van der Waals surface area contributed by atoms with E-state index in [0.717, 1.165) is 44.3 Å². The molecule has 0 saturated carbocycles. The molecule has 1 fully saturated rings. The van der Waals surface area contributed by atoms with Crippen molar-refractivity contribution in [1.29, 1.82) is 0 Å². The van der Waals surface area contributed by atoms with E-state index in [4.69, 9.17) is 9.73 Å². The van der Waals surface area contributed by atoms with Gasteiger partial charge in [-0.05, 0) is 65.0 Å². The maximum atomic E-state index is 12.2. The van der Waals surface area contributed by atoms with E-state index in [2.05, 4.69) is 53.4 Å². The Bertz CT molecular complexity index is 736. The highest BCUT2D eigenvalue weighted by molar-refractivity contribution is 5.80. The predicted molar refractivity (Wildman–Crippen MR) is 131 cm³/mol. The molecule has 1 unspecified atom stereocenters. The van der Waals surface area contributed by atoms with Crippen LogP contribution in [0, 0.1) is 12.8 Å². The van der Waals surface area contributed by atoms with E-state index in [0.29, 0.717) is 19.1 Å². The third-order valence-electron chi connectivity index (χ3n) is 5.25. The van der Waals surface area contributed by atoms with Crippen LogP contribution in [-0.4, -0.2) is 73.4 Å². The molecule has 1 atom stereocenters. The zero-order chi connectivity index (χ0) is 23.7. The van der Waals surface area contributed by atoms with Gasteiger partial charge in [0.25, 0.3) is 0 Å². The average molecular weight is 447 g/mol. The molecule has 1 amide bonds. The third-order valence-corrected chi connectivity index (χ3v) is 5.25. The Morgan fingerprint density at radius 2 is 2.03 bits per heavy atom. The second-order valence-corrected chi connectivity index (χ2v) is 9.79.